The second-order valence-electron chi connectivity index (χ2n) is 28.3. The number of hydrogen-bond acceptors (Lipinski definition) is 23. The number of nitrogens with one attached hydrogen (secondary N) is 2. The number of ether oxygens (including phenoxy) is 2. The average molecular weight is 2110 g/mol. The van der Waals surface area contributed by atoms with Gasteiger partial charge >= 0.3 is 12.2 Å². The number of carbonyl (C=O) groups excluding carboxylic acids is 2. The third kappa shape index (κ3) is 47.1. The number of nitrogens with zero attached hydrogens (tertiary/aromatic N) is 4. The topological polar surface area (TPSA) is 302 Å². The maximum Gasteiger partial charge on any atom is 0.424 e. The van der Waals surface area contributed by atoms with Crippen molar-refractivity contribution in [1.29, 1.82) is 0 Å². The molecule has 0 unspecified atom stereocenters. The molecule has 6 N–H and O–H groups in total. The fourth-order valence-electron chi connectivity index (χ4n) is 9.64. The van der Waals surface area contributed by atoms with E-state index in [-0.39, 0.29) is 44.9 Å². The van der Waals surface area contributed by atoms with E-state index in [1.54, 1.807) is 147 Å². The summed E-state index contributed by atoms with van der Waals surface area (Å²) in [5, 5.41) is 21.3. The number of thiol groups is 1. The third-order valence-corrected chi connectivity index (χ3v) is 24.7. The molecule has 2 amide bonds. The van der Waals surface area contributed by atoms with Crippen molar-refractivity contribution in [3.63, 3.8) is 0 Å². The van der Waals surface area contributed by atoms with Crippen LogP contribution < -0.4 is 27.0 Å². The summed E-state index contributed by atoms with van der Waals surface area (Å²) in [5.74, 6) is 0. The zero-order valence-corrected chi connectivity index (χ0v) is 86.5. The van der Waals surface area contributed by atoms with Crippen molar-refractivity contribution < 1.29 is 59.8 Å². The highest BCUT2D eigenvalue weighted by molar-refractivity contribution is 15.0. The summed E-state index contributed by atoms with van der Waals surface area (Å²) >= 11 is 17.6. The average Bonchev–Trinajstić information content (AvgIpc) is 0.781. The van der Waals surface area contributed by atoms with Gasteiger partial charge in [0.15, 0.2) is 9.84 Å². The molecule has 9 rings (SSSR count). The minimum atomic E-state index is -3.66. The number of aliphatic imine (C=N–C) groups is 2. The van der Waals surface area contributed by atoms with Crippen molar-refractivity contribution in [2.75, 3.05) is 47.4 Å². The molecule has 9 aromatic rings. The van der Waals surface area contributed by atoms with Crippen LogP contribution in [0.5, 0.6) is 0 Å². The van der Waals surface area contributed by atoms with Crippen molar-refractivity contribution in [2.45, 2.75) is 250 Å². The Kier molecular flexibility index (Phi) is 64.6. The number of anilines is 5. The van der Waals surface area contributed by atoms with Crippen LogP contribution in [0.25, 0.3) is 0 Å². The molecule has 0 aliphatic heterocycles. The number of aryl methyl sites for hydroxylation is 15. The number of rotatable bonds is 13. The number of isothiocyanates is 2. The minimum absolute atomic E-state index is 0. The van der Waals surface area contributed by atoms with E-state index in [1.165, 1.54) is 23.1 Å². The number of amides is 2. The Morgan fingerprint density at radius 1 is 0.472 bits per heavy atom. The zero-order valence-electron chi connectivity index (χ0n) is 75.6. The van der Waals surface area contributed by atoms with E-state index in [1.807, 2.05) is 179 Å². The highest BCUT2D eigenvalue weighted by Gasteiger charge is 2.34. The first-order valence-electron chi connectivity index (χ1n) is 38.1. The molecule has 0 aliphatic rings. The van der Waals surface area contributed by atoms with Crippen LogP contribution in [0.2, 0.25) is 0 Å². The van der Waals surface area contributed by atoms with Gasteiger partial charge in [0.2, 0.25) is 17.7 Å². The van der Waals surface area contributed by atoms with E-state index < -0.39 is 51.0 Å². The fourth-order valence-corrected chi connectivity index (χ4v) is 16.9. The molecule has 0 saturated carbocycles. The van der Waals surface area contributed by atoms with Gasteiger partial charge in [0, 0.05) is 139 Å². The number of nitrogens with two attached hydrogens (primary N) is 2. The standard InChI is InChI=1S/C25H33NO6S2.C16H19NO2S2.2C9H10N2S.C9H13NS.C8H9NO2.C8H10O2S.3C2H6.3CH4.F2.I2.H2/c1-16-10-12-19(13-11-16)34(29,30)33-21-15-17(2)20(14-18(21)3)26(22(27)31-24(4,5)6)23(28)32-25(7,8)9;1-11-5-7-14(8-6-11)21(18,19)20-16-10-12(2)15(17-4)9-13(16)3;2*1-6-4-9(11-5-12)7(2)3-8(6)10;1-6-5-9(11)7(2)4-8(6)10-3;1-6-3-4-7(2)8(5-6)9(10)11;1-7-3-5-8(6-4-7)11(2,9)10;3*1-2;;;;2*1-2;/h10-15H,1-9H3;5-10,17H,1-4H3;2*3-4H,10H2,1-2H3;4-5,10-11H,1-3H3;3-5H,1-2H3;3-6H,1-2H3;3*1-2H3;3*1H4;;;1H. The lowest BCUT2D eigenvalue weighted by atomic mass is 10.1. The molecular weight excluding hydrogens is 1970 g/mol. The SMILES string of the molecule is C.C.C.CC.CC.CC.CNc1cc(C)c(S)cc1C.CNc1cc(C)c(SS(=O)(=O)c2ccc(C)cc2)cc1C.Cc1cc(N=C=S)c(C)cc1N.Cc1cc(N=C=S)c(C)cc1N.Cc1ccc(C)c([N+](=O)[O-])c1.Cc1ccc(S(=O)(=O)Sc2cc(C)c(N(C(=O)OC(C)(C)C)C(=O)OC(C)(C)C)cc2C)cc1.Cc1ccc(S(C)(=O)=O)cc1.FF.II.[HH]. The summed E-state index contributed by atoms with van der Waals surface area (Å²) in [6.45, 7) is 50.7. The second-order valence-corrected chi connectivity index (χ2v) is 38.8. The van der Waals surface area contributed by atoms with E-state index in [9.17, 15) is 45.0 Å². The van der Waals surface area contributed by atoms with Gasteiger partial charge in [-0.15, -0.1) is 12.6 Å². The van der Waals surface area contributed by atoms with Gasteiger partial charge in [-0.3, -0.25) is 10.1 Å². The lowest BCUT2D eigenvalue weighted by Crippen LogP contribution is -2.44. The van der Waals surface area contributed by atoms with Crippen molar-refractivity contribution in [3.8, 4) is 0 Å². The fraction of sp³-hybridized carbons (Fsp3) is 0.376. The van der Waals surface area contributed by atoms with Gasteiger partial charge in [-0.1, -0.05) is 129 Å². The minimum Gasteiger partial charge on any atom is -0.443 e. The van der Waals surface area contributed by atoms with Crippen molar-refractivity contribution >= 4 is 191 Å². The number of nitrogen functional groups attached to an aromatic ring is 2. The number of nitro groups is 1. The first kappa shape index (κ1) is 128. The number of hydrogen-bond donors (Lipinski definition) is 5. The summed E-state index contributed by atoms with van der Waals surface area (Å²) in [6.07, 6.45) is -0.550. The van der Waals surface area contributed by atoms with Gasteiger partial charge in [0.1, 0.15) is 11.2 Å². The maximum absolute atomic E-state index is 13.0. The van der Waals surface area contributed by atoms with Gasteiger partial charge in [-0.2, -0.15) is 14.9 Å². The van der Waals surface area contributed by atoms with E-state index in [4.69, 9.17) is 30.1 Å². The summed E-state index contributed by atoms with van der Waals surface area (Å²) < 4.78 is 99.6. The molecule has 0 heterocycles. The number of thiocarbonyl (C=S) groups is 2. The largest absolute Gasteiger partial charge is 0.443 e. The molecule has 9 aromatic carbocycles. The van der Waals surface area contributed by atoms with E-state index in [0.717, 1.165) is 120 Å². The van der Waals surface area contributed by atoms with Gasteiger partial charge in [0.25, 0.3) is 5.69 Å². The number of carbonyl (C=O) groups is 2. The molecule has 0 spiro atoms. The molecule has 0 atom stereocenters. The first-order valence-corrected chi connectivity index (χ1v) is 53.2. The predicted octanol–water partition coefficient (Wildman–Crippen LogP) is 30.2. The van der Waals surface area contributed by atoms with Crippen LogP contribution >= 0.6 is 95.9 Å². The lowest BCUT2D eigenvalue weighted by molar-refractivity contribution is -0.385. The Hall–Kier alpha value is -7.86. The van der Waals surface area contributed by atoms with Crippen LogP contribution in [-0.4, -0.2) is 84.2 Å². The molecule has 0 radical (unpaired) electrons. The molecule has 0 bridgehead atoms. The van der Waals surface area contributed by atoms with Crippen molar-refractivity contribution in [2.24, 2.45) is 9.98 Å². The Morgan fingerprint density at radius 2 is 0.784 bits per heavy atom. The number of halogens is 4. The van der Waals surface area contributed by atoms with Crippen LogP contribution in [0.1, 0.15) is 190 Å². The molecular formula is C93H136F2I2N8O12S8. The number of imide groups is 1. The maximum atomic E-state index is 13.0. The molecule has 125 heavy (non-hydrogen) atoms. The Bertz CT molecular complexity index is 5230. The normalized spacial score (nSPS) is 9.98. The Balaban J connectivity index is -0.000000268. The van der Waals surface area contributed by atoms with E-state index >= 15 is 0 Å². The van der Waals surface area contributed by atoms with Gasteiger partial charge in [-0.25, -0.2) is 34.8 Å². The van der Waals surface area contributed by atoms with E-state index in [0.29, 0.717) is 31.4 Å². The van der Waals surface area contributed by atoms with Crippen LogP contribution in [0.4, 0.5) is 64.2 Å². The van der Waals surface area contributed by atoms with Crippen LogP contribution in [-0.2, 0) is 37.0 Å². The first-order chi connectivity index (χ1) is 56.8. The Labute approximate surface area is 796 Å². The van der Waals surface area contributed by atoms with Crippen LogP contribution in [0.15, 0.2) is 191 Å². The highest BCUT2D eigenvalue weighted by atomic mass is 128. The smallest absolute Gasteiger partial charge is 0.424 e. The molecule has 0 aromatic heterocycles. The number of sulfone groups is 1. The quantitative estimate of drug-likeness (QED) is 0.0105. The predicted molar refractivity (Wildman–Crippen MR) is 561 cm³/mol. The summed E-state index contributed by atoms with van der Waals surface area (Å²) in [7, 11) is -4.65. The molecule has 32 heteroatoms. The summed E-state index contributed by atoms with van der Waals surface area (Å²) in [6, 6.07) is 44.5. The summed E-state index contributed by atoms with van der Waals surface area (Å²) in [4.78, 5) is 47.9. The van der Waals surface area contributed by atoms with E-state index in [2.05, 4.69) is 131 Å². The summed E-state index contributed by atoms with van der Waals surface area (Å²) in [5.41, 5.74) is 30.0. The van der Waals surface area contributed by atoms with Gasteiger partial charge in [0.05, 0.1) is 47.0 Å². The lowest BCUT2D eigenvalue weighted by Gasteiger charge is -2.29. The highest BCUT2D eigenvalue weighted by Crippen LogP contribution is 2.39. The third-order valence-electron chi connectivity index (χ3n) is 16.0. The molecule has 0 saturated heterocycles. The molecule has 0 aliphatic carbocycles. The number of nitro benzene ring substituents is 1. The Morgan fingerprint density at radius 3 is 1.10 bits per heavy atom. The van der Waals surface area contributed by atoms with Gasteiger partial charge < -0.3 is 31.6 Å². The molecule has 696 valence electrons. The van der Waals surface area contributed by atoms with Gasteiger partial charge in [-0.05, 0) is 328 Å². The number of benzene rings is 9. The zero-order chi connectivity index (χ0) is 95.3. The van der Waals surface area contributed by atoms with Crippen LogP contribution in [0.3, 0.4) is 0 Å². The van der Waals surface area contributed by atoms with Crippen molar-refractivity contribution in [1.82, 2.24) is 0 Å². The van der Waals surface area contributed by atoms with Crippen LogP contribution in [0, 0.1) is 114 Å². The molecule has 0 fully saturated rings. The second kappa shape index (κ2) is 63.2. The monoisotopic (exact) mass is 2100 g/mol. The van der Waals surface area contributed by atoms with Crippen molar-refractivity contribution in [3.05, 3.63) is 245 Å². The molecule has 20 nitrogen and oxygen atoms in total.